The first kappa shape index (κ1) is 14.1. The van der Waals surface area contributed by atoms with E-state index in [4.69, 9.17) is 4.74 Å². The predicted octanol–water partition coefficient (Wildman–Crippen LogP) is 3.12. The van der Waals surface area contributed by atoms with E-state index >= 15 is 0 Å². The van der Waals surface area contributed by atoms with Gasteiger partial charge in [0, 0.05) is 19.2 Å². The maximum Gasteiger partial charge on any atom is 0.391 e. The second-order valence-electron chi connectivity index (χ2n) is 5.58. The van der Waals surface area contributed by atoms with Crippen LogP contribution >= 0.6 is 0 Å². The molecule has 2 aliphatic rings. The standard InChI is InChI=1S/C13H22F3NO/c14-13(15,16)11-3-5-12(6-4-11)17-8-10-2-1-7-18-9-10/h10-12,17H,1-9H2. The van der Waals surface area contributed by atoms with E-state index in [9.17, 15) is 13.2 Å². The lowest BCUT2D eigenvalue weighted by atomic mass is 9.85. The van der Waals surface area contributed by atoms with Gasteiger partial charge in [0.25, 0.3) is 0 Å². The molecule has 2 nitrogen and oxygen atoms in total. The highest BCUT2D eigenvalue weighted by Crippen LogP contribution is 2.37. The van der Waals surface area contributed by atoms with E-state index < -0.39 is 12.1 Å². The Hall–Kier alpha value is -0.290. The molecular formula is C13H22F3NO. The van der Waals surface area contributed by atoms with Crippen LogP contribution in [-0.2, 0) is 4.74 Å². The van der Waals surface area contributed by atoms with Crippen molar-refractivity contribution in [3.05, 3.63) is 0 Å². The number of hydrogen-bond acceptors (Lipinski definition) is 2. The lowest BCUT2D eigenvalue weighted by Gasteiger charge is -2.32. The summed E-state index contributed by atoms with van der Waals surface area (Å²) in [7, 11) is 0. The van der Waals surface area contributed by atoms with Gasteiger partial charge < -0.3 is 10.1 Å². The fourth-order valence-corrected chi connectivity index (χ4v) is 2.93. The Balaban J connectivity index is 1.64. The van der Waals surface area contributed by atoms with Gasteiger partial charge in [0.1, 0.15) is 0 Å². The molecule has 2 rings (SSSR count). The number of hydrogen-bond donors (Lipinski definition) is 1. The zero-order valence-corrected chi connectivity index (χ0v) is 10.6. The summed E-state index contributed by atoms with van der Waals surface area (Å²) in [5, 5.41) is 3.42. The minimum atomic E-state index is -4.00. The van der Waals surface area contributed by atoms with Crippen LogP contribution < -0.4 is 5.32 Å². The lowest BCUT2D eigenvalue weighted by molar-refractivity contribution is -0.182. The van der Waals surface area contributed by atoms with Crippen LogP contribution in [0.15, 0.2) is 0 Å². The molecule has 0 aromatic heterocycles. The molecule has 18 heavy (non-hydrogen) atoms. The molecule has 0 aromatic carbocycles. The second-order valence-corrected chi connectivity index (χ2v) is 5.58. The van der Waals surface area contributed by atoms with Crippen LogP contribution in [-0.4, -0.2) is 32.0 Å². The monoisotopic (exact) mass is 265 g/mol. The smallest absolute Gasteiger partial charge is 0.381 e. The first-order chi connectivity index (χ1) is 8.55. The molecule has 1 aliphatic heterocycles. The Kier molecular flexibility index (Phi) is 4.90. The summed E-state index contributed by atoms with van der Waals surface area (Å²) in [4.78, 5) is 0. The van der Waals surface area contributed by atoms with E-state index in [1.807, 2.05) is 0 Å². The topological polar surface area (TPSA) is 21.3 Å². The Morgan fingerprint density at radius 3 is 2.33 bits per heavy atom. The van der Waals surface area contributed by atoms with E-state index in [1.54, 1.807) is 0 Å². The molecule has 1 atom stereocenters. The molecule has 0 aromatic rings. The van der Waals surface area contributed by atoms with Crippen molar-refractivity contribution in [3.8, 4) is 0 Å². The molecule has 1 saturated carbocycles. The molecule has 0 bridgehead atoms. The van der Waals surface area contributed by atoms with Crippen molar-refractivity contribution >= 4 is 0 Å². The van der Waals surface area contributed by atoms with Crippen LogP contribution in [0.25, 0.3) is 0 Å². The van der Waals surface area contributed by atoms with Crippen LogP contribution in [0, 0.1) is 11.8 Å². The average Bonchev–Trinajstić information content (AvgIpc) is 2.37. The maximum absolute atomic E-state index is 12.5. The number of rotatable bonds is 3. The molecule has 1 unspecified atom stereocenters. The van der Waals surface area contributed by atoms with Crippen LogP contribution in [0.3, 0.4) is 0 Å². The molecule has 0 radical (unpaired) electrons. The summed E-state index contributed by atoms with van der Waals surface area (Å²) in [6, 6.07) is 0.269. The molecule has 0 amide bonds. The van der Waals surface area contributed by atoms with Crippen LogP contribution in [0.1, 0.15) is 38.5 Å². The Bertz CT molecular complexity index is 243. The first-order valence-corrected chi connectivity index (χ1v) is 6.93. The highest BCUT2D eigenvalue weighted by molar-refractivity contribution is 4.81. The number of halogens is 3. The number of alkyl halides is 3. The van der Waals surface area contributed by atoms with Gasteiger partial charge in [-0.2, -0.15) is 13.2 Å². The van der Waals surface area contributed by atoms with Gasteiger partial charge in [-0.3, -0.25) is 0 Å². The Morgan fingerprint density at radius 2 is 1.78 bits per heavy atom. The Labute approximate surface area is 106 Å². The van der Waals surface area contributed by atoms with Gasteiger partial charge in [0.2, 0.25) is 0 Å². The summed E-state index contributed by atoms with van der Waals surface area (Å²) in [6.07, 6.45) is 0.139. The van der Waals surface area contributed by atoms with Crippen molar-refractivity contribution in [2.45, 2.75) is 50.7 Å². The van der Waals surface area contributed by atoms with E-state index in [1.165, 1.54) is 6.42 Å². The third kappa shape index (κ3) is 4.12. The summed E-state index contributed by atoms with van der Waals surface area (Å²) >= 11 is 0. The van der Waals surface area contributed by atoms with E-state index in [0.717, 1.165) is 26.2 Å². The SMILES string of the molecule is FC(F)(F)C1CCC(NCC2CCCOC2)CC1. The minimum absolute atomic E-state index is 0.269. The largest absolute Gasteiger partial charge is 0.391 e. The van der Waals surface area contributed by atoms with Gasteiger partial charge in [-0.05, 0) is 44.4 Å². The van der Waals surface area contributed by atoms with Crippen molar-refractivity contribution in [1.82, 2.24) is 5.32 Å². The van der Waals surface area contributed by atoms with Crippen LogP contribution in [0.2, 0.25) is 0 Å². The first-order valence-electron chi connectivity index (χ1n) is 6.93. The summed E-state index contributed by atoms with van der Waals surface area (Å²) in [6.45, 7) is 2.54. The Morgan fingerprint density at radius 1 is 1.06 bits per heavy atom. The summed E-state index contributed by atoms with van der Waals surface area (Å²) < 4.78 is 42.9. The third-order valence-corrected chi connectivity index (χ3v) is 4.14. The highest BCUT2D eigenvalue weighted by atomic mass is 19.4. The fraction of sp³-hybridized carbons (Fsp3) is 1.00. The van der Waals surface area contributed by atoms with E-state index in [-0.39, 0.29) is 18.9 Å². The molecule has 5 heteroatoms. The zero-order valence-electron chi connectivity index (χ0n) is 10.6. The molecule has 1 saturated heterocycles. The van der Waals surface area contributed by atoms with Gasteiger partial charge in [-0.25, -0.2) is 0 Å². The van der Waals surface area contributed by atoms with Gasteiger partial charge in [-0.1, -0.05) is 0 Å². The second kappa shape index (κ2) is 6.24. The van der Waals surface area contributed by atoms with Crippen molar-refractivity contribution in [2.75, 3.05) is 19.8 Å². The molecule has 1 aliphatic carbocycles. The van der Waals surface area contributed by atoms with Gasteiger partial charge >= 0.3 is 6.18 Å². The van der Waals surface area contributed by atoms with Crippen LogP contribution in [0.4, 0.5) is 13.2 Å². The normalized spacial score (nSPS) is 34.5. The quantitative estimate of drug-likeness (QED) is 0.846. The predicted molar refractivity (Wildman–Crippen MR) is 63.3 cm³/mol. The number of ether oxygens (including phenoxy) is 1. The van der Waals surface area contributed by atoms with Gasteiger partial charge in [0.05, 0.1) is 12.5 Å². The highest BCUT2D eigenvalue weighted by Gasteiger charge is 2.41. The average molecular weight is 265 g/mol. The molecule has 2 fully saturated rings. The minimum Gasteiger partial charge on any atom is -0.381 e. The molecule has 1 heterocycles. The molecule has 1 N–H and O–H groups in total. The van der Waals surface area contributed by atoms with Gasteiger partial charge in [-0.15, -0.1) is 0 Å². The lowest BCUT2D eigenvalue weighted by Crippen LogP contribution is -2.40. The molecular weight excluding hydrogens is 243 g/mol. The van der Waals surface area contributed by atoms with Crippen molar-refractivity contribution in [1.29, 1.82) is 0 Å². The zero-order chi connectivity index (χ0) is 13.0. The third-order valence-electron chi connectivity index (χ3n) is 4.14. The van der Waals surface area contributed by atoms with E-state index in [0.29, 0.717) is 18.8 Å². The van der Waals surface area contributed by atoms with E-state index in [2.05, 4.69) is 5.32 Å². The number of nitrogens with one attached hydrogen (secondary N) is 1. The fourth-order valence-electron chi connectivity index (χ4n) is 2.93. The maximum atomic E-state index is 12.5. The molecule has 0 spiro atoms. The van der Waals surface area contributed by atoms with Crippen LogP contribution in [0.5, 0.6) is 0 Å². The molecule has 106 valence electrons. The summed E-state index contributed by atoms with van der Waals surface area (Å²) in [5.41, 5.74) is 0. The van der Waals surface area contributed by atoms with Gasteiger partial charge in [0.15, 0.2) is 0 Å². The van der Waals surface area contributed by atoms with Crippen molar-refractivity contribution < 1.29 is 17.9 Å². The van der Waals surface area contributed by atoms with Crippen molar-refractivity contribution in [2.24, 2.45) is 11.8 Å². The summed E-state index contributed by atoms with van der Waals surface area (Å²) in [5.74, 6) is -0.535. The van der Waals surface area contributed by atoms with Crippen molar-refractivity contribution in [3.63, 3.8) is 0 Å².